The number of fused-ring (bicyclic) bond motifs is 6. The van der Waals surface area contributed by atoms with Crippen LogP contribution in [0.5, 0.6) is 0 Å². The largest absolute Gasteiger partial charge is 0.309 e. The number of rotatable bonds is 10. The first-order chi connectivity index (χ1) is 55.7. The second kappa shape index (κ2) is 35.1. The van der Waals surface area contributed by atoms with Gasteiger partial charge in [-0.2, -0.15) is 5.26 Å². The maximum absolute atomic E-state index is 8.68. The summed E-state index contributed by atoms with van der Waals surface area (Å²) in [5.74, 6) is 0. The Morgan fingerprint density at radius 3 is 1.13 bits per heavy atom. The monoisotopic (exact) mass is 1560 g/mol. The van der Waals surface area contributed by atoms with Gasteiger partial charge in [-0.05, 0) is 145 Å². The minimum Gasteiger partial charge on any atom is -0.309 e. The van der Waals surface area contributed by atoms with Crippen molar-refractivity contribution in [1.29, 1.82) is 5.26 Å². The van der Waals surface area contributed by atoms with Crippen molar-refractivity contribution < 1.29 is 0 Å². The molecule has 3 aromatic heterocycles. The van der Waals surface area contributed by atoms with Crippen LogP contribution in [-0.2, 0) is 21.7 Å². The number of hydrogen-bond donors (Lipinski definition) is 0. The first kappa shape index (κ1) is 82.2. The molecule has 14 aromatic carbocycles. The van der Waals surface area contributed by atoms with Gasteiger partial charge in [0.25, 0.3) is 0 Å². The van der Waals surface area contributed by atoms with Gasteiger partial charge in [0.05, 0.1) is 33.1 Å². The lowest BCUT2D eigenvalue weighted by Gasteiger charge is -2.44. The fourth-order valence-electron chi connectivity index (χ4n) is 16.7. The number of hydrogen-bond acceptors (Lipinski definition) is 3. The Labute approximate surface area is 696 Å². The number of para-hydroxylation sites is 2. The molecule has 0 spiro atoms. The third-order valence-corrected chi connectivity index (χ3v) is 34.3. The molecular weight excluding hydrogens is 1450 g/mol. The van der Waals surface area contributed by atoms with Crippen LogP contribution in [0.2, 0.25) is 5.04 Å². The number of benzene rings is 14. The van der Waals surface area contributed by atoms with Gasteiger partial charge in [0.1, 0.15) is 0 Å². The molecule has 0 fully saturated rings. The molecule has 0 atom stereocenters. The normalized spacial score (nSPS) is 11.9. The van der Waals surface area contributed by atoms with Crippen molar-refractivity contribution in [3.63, 3.8) is 0 Å². The van der Waals surface area contributed by atoms with Gasteiger partial charge in [-0.3, -0.25) is 4.98 Å². The van der Waals surface area contributed by atoms with Gasteiger partial charge in [-0.15, -0.1) is 11.3 Å². The Morgan fingerprint density at radius 2 is 0.672 bits per heavy atom. The maximum Gasteiger partial charge on any atom is 0.179 e. The summed E-state index contributed by atoms with van der Waals surface area (Å²) in [6.45, 7) is 34.1. The number of nitriles is 1. The molecule has 0 unspecified atom stereocenters. The fraction of sp³-hybridized carbons (Fsp3) is 0.182. The van der Waals surface area contributed by atoms with Crippen molar-refractivity contribution in [2.45, 2.75) is 131 Å². The lowest BCUT2D eigenvalue weighted by molar-refractivity contribution is 0.589. The third kappa shape index (κ3) is 17.5. The molecule has 0 aliphatic carbocycles. The predicted octanol–water partition coefficient (Wildman–Crippen LogP) is 25.3. The van der Waals surface area contributed by atoms with Gasteiger partial charge in [0.2, 0.25) is 0 Å². The van der Waals surface area contributed by atoms with Crippen LogP contribution in [0.1, 0.15) is 132 Å². The molecule has 0 aliphatic heterocycles. The quantitative estimate of drug-likeness (QED) is 0.101. The van der Waals surface area contributed by atoms with Crippen LogP contribution in [0.3, 0.4) is 0 Å². The van der Waals surface area contributed by atoms with Crippen molar-refractivity contribution in [2.24, 2.45) is 0 Å². The first-order valence-electron chi connectivity index (χ1n) is 40.7. The zero-order chi connectivity index (χ0) is 81.9. The molecule has 0 bridgehead atoms. The molecular formula is C110H109N3SSi2. The van der Waals surface area contributed by atoms with Crippen LogP contribution in [-0.4, -0.2) is 25.7 Å². The summed E-state index contributed by atoms with van der Waals surface area (Å²) in [4.78, 5) is 4.86. The van der Waals surface area contributed by atoms with E-state index in [-0.39, 0.29) is 26.7 Å². The number of pyridine rings is 1. The van der Waals surface area contributed by atoms with Gasteiger partial charge >= 0.3 is 0 Å². The fourth-order valence-corrected chi connectivity index (χ4v) is 28.3. The summed E-state index contributed by atoms with van der Waals surface area (Å²) in [6, 6.07) is 140. The smallest absolute Gasteiger partial charge is 0.179 e. The summed E-state index contributed by atoms with van der Waals surface area (Å²) >= 11 is 1.83. The van der Waals surface area contributed by atoms with E-state index in [9.17, 15) is 0 Å². The van der Waals surface area contributed by atoms with E-state index in [1.165, 1.54) is 123 Å². The van der Waals surface area contributed by atoms with E-state index < -0.39 is 16.1 Å². The van der Waals surface area contributed by atoms with Crippen LogP contribution in [0.25, 0.3) is 70.0 Å². The number of aromatic nitrogens is 2. The van der Waals surface area contributed by atoms with Gasteiger partial charge in [-0.1, -0.05) is 438 Å². The Kier molecular flexibility index (Phi) is 24.9. The zero-order valence-electron chi connectivity index (χ0n) is 70.2. The predicted molar refractivity (Wildman–Crippen MR) is 508 cm³/mol. The Balaban J connectivity index is 0.000000129. The average Bonchev–Trinajstić information content (AvgIpc) is 1.15. The minimum absolute atomic E-state index is 0.0702. The van der Waals surface area contributed by atoms with Crippen molar-refractivity contribution >= 4 is 106 Å². The SMILES string of the molecule is CC(C)(C)[Si](c1ccccc1)(c1ccccc1)c1ccccc1.CC(C)(C)c1cccc(-n2c3ccccc3c3ccccc32)c1.CC(C)(C)c1cccc(C#N)c1.CC(C)(C)c1cccc([Si](c2ccccc2)(c2ccccc2)c2ccccc2)c1.CC(C)(C)c1ccccc1-c1ccccc1-c1nccc2c1sc1ccccc12. The lowest BCUT2D eigenvalue weighted by atomic mass is 9.81. The van der Waals surface area contributed by atoms with Crippen molar-refractivity contribution in [1.82, 2.24) is 9.55 Å². The van der Waals surface area contributed by atoms with E-state index in [1.54, 1.807) is 0 Å². The first-order valence-corrected chi connectivity index (χ1v) is 45.5. The Hall–Kier alpha value is -11.8. The van der Waals surface area contributed by atoms with E-state index >= 15 is 0 Å². The summed E-state index contributed by atoms with van der Waals surface area (Å²) < 4.78 is 4.94. The molecule has 0 saturated carbocycles. The van der Waals surface area contributed by atoms with Gasteiger partial charge in [0.15, 0.2) is 16.1 Å². The van der Waals surface area contributed by atoms with Crippen LogP contribution in [0.15, 0.2) is 388 Å². The van der Waals surface area contributed by atoms with Crippen molar-refractivity contribution in [3.05, 3.63) is 416 Å². The van der Waals surface area contributed by atoms with Crippen LogP contribution in [0, 0.1) is 11.3 Å². The summed E-state index contributed by atoms with van der Waals surface area (Å²) in [5, 5.41) is 24.2. The Bertz CT molecular complexity index is 5920. The van der Waals surface area contributed by atoms with Crippen LogP contribution >= 0.6 is 11.3 Å². The Morgan fingerprint density at radius 1 is 0.302 bits per heavy atom. The minimum atomic E-state index is -2.41. The molecule has 0 saturated heterocycles. The zero-order valence-corrected chi connectivity index (χ0v) is 73.0. The summed E-state index contributed by atoms with van der Waals surface area (Å²) in [7, 11) is -4.54. The van der Waals surface area contributed by atoms with Crippen molar-refractivity contribution in [3.8, 4) is 34.1 Å². The second-order valence-corrected chi connectivity index (χ2v) is 45.0. The molecule has 0 amide bonds. The molecule has 0 aliphatic rings. The van der Waals surface area contributed by atoms with Crippen LogP contribution in [0.4, 0.5) is 0 Å². The highest BCUT2D eigenvalue weighted by atomic mass is 32.1. The average molecular weight is 1560 g/mol. The molecule has 0 radical (unpaired) electrons. The van der Waals surface area contributed by atoms with Crippen LogP contribution < -0.4 is 36.3 Å². The summed E-state index contributed by atoms with van der Waals surface area (Å²) in [6.07, 6.45) is 1.95. The third-order valence-electron chi connectivity index (χ3n) is 22.4. The lowest BCUT2D eigenvalue weighted by Crippen LogP contribution is -2.74. The summed E-state index contributed by atoms with van der Waals surface area (Å²) in [5.41, 5.74) is 15.1. The highest BCUT2D eigenvalue weighted by Gasteiger charge is 2.49. The second-order valence-electron chi connectivity index (χ2n) is 35.4. The standard InChI is InChI=1S/C28H28Si.C27H23NS.C22H21N.C22H24Si.C11H13N/c1-28(2,3)23-14-13-21-27(22-23)29(24-15-7-4-8-16-24,25-17-9-5-10-18-25)26-19-11-6-12-20-26;1-27(2,3)23-14-8-6-11-19(23)18-10-4-5-13-21(18)25-26-22(16-17-28-25)20-12-7-9-15-24(20)29-26;1-22(2,3)16-9-8-10-17(15-16)23-20-13-6-4-11-18(20)19-12-5-7-14-21(19)23;1-22(2,3)23(19-13-7-4-8-14-19,20-15-9-5-10-16-20)21-17-11-6-12-18-21;1-11(2,3)10-6-4-5-9(7-10)8-12/h4-22H,1-3H3;4-17H,1-3H3;4-15H,1-3H3;4-18H,1-3H3;4-7H,1-3H3. The molecule has 17 aromatic rings. The molecule has 17 rings (SSSR count). The topological polar surface area (TPSA) is 41.6 Å². The van der Waals surface area contributed by atoms with E-state index in [4.69, 9.17) is 10.2 Å². The molecule has 578 valence electrons. The van der Waals surface area contributed by atoms with Gasteiger partial charge < -0.3 is 4.57 Å². The highest BCUT2D eigenvalue weighted by molar-refractivity contribution is 7.26. The molecule has 116 heavy (non-hydrogen) atoms. The van der Waals surface area contributed by atoms with E-state index in [2.05, 4.69) is 478 Å². The van der Waals surface area contributed by atoms with E-state index in [1.807, 2.05) is 35.7 Å². The highest BCUT2D eigenvalue weighted by Crippen LogP contribution is 2.44. The molecule has 0 N–H and O–H groups in total. The molecule has 3 heterocycles. The molecule has 3 nitrogen and oxygen atoms in total. The van der Waals surface area contributed by atoms with Crippen molar-refractivity contribution in [2.75, 3.05) is 0 Å². The number of thiophene rings is 1. The van der Waals surface area contributed by atoms with E-state index in [0.29, 0.717) is 0 Å². The maximum atomic E-state index is 8.68. The van der Waals surface area contributed by atoms with Gasteiger partial charge in [-0.25, -0.2) is 0 Å². The molecule has 6 heteroatoms. The van der Waals surface area contributed by atoms with Gasteiger partial charge in [0, 0.05) is 43.7 Å². The number of nitrogens with zero attached hydrogens (tertiary/aromatic N) is 3. The van der Waals surface area contributed by atoms with E-state index in [0.717, 1.165) is 11.3 Å².